The van der Waals surface area contributed by atoms with Crippen LogP contribution in [-0.4, -0.2) is 5.54 Å². The predicted octanol–water partition coefficient (Wildman–Crippen LogP) is 4.11. The highest BCUT2D eigenvalue weighted by molar-refractivity contribution is 5.85. The average molecular weight is 252 g/mol. The van der Waals surface area contributed by atoms with E-state index >= 15 is 0 Å². The first-order chi connectivity index (χ1) is 7.70. The molecule has 0 amide bonds. The van der Waals surface area contributed by atoms with Gasteiger partial charge >= 0.3 is 0 Å². The molecule has 0 aliphatic carbocycles. The summed E-state index contributed by atoms with van der Waals surface area (Å²) in [5.41, 5.74) is 1.38. The molecule has 0 radical (unpaired) electrons. The number of rotatable bonds is 7. The van der Waals surface area contributed by atoms with Crippen molar-refractivity contribution in [1.29, 1.82) is 0 Å². The van der Waals surface area contributed by atoms with E-state index in [1.54, 1.807) is 0 Å². The number of hydrogen-bond acceptors (Lipinski definition) is 1. The molecular formula is C15H22ClN. The van der Waals surface area contributed by atoms with Crippen LogP contribution in [0.1, 0.15) is 25.3 Å². The smallest absolute Gasteiger partial charge is 0.0225 e. The molecule has 17 heavy (non-hydrogen) atoms. The number of nitrogens with one attached hydrogen (secondary N) is 1. The number of benzene rings is 1. The van der Waals surface area contributed by atoms with Crippen molar-refractivity contribution in [2.45, 2.75) is 31.8 Å². The Morgan fingerprint density at radius 2 is 1.65 bits per heavy atom. The van der Waals surface area contributed by atoms with E-state index in [0.29, 0.717) is 0 Å². The molecule has 0 aromatic heterocycles. The third kappa shape index (κ3) is 5.71. The highest BCUT2D eigenvalue weighted by Crippen LogP contribution is 2.16. The first-order valence-corrected chi connectivity index (χ1v) is 5.71. The largest absolute Gasteiger partial charge is 0.307 e. The van der Waals surface area contributed by atoms with Crippen LogP contribution in [0.15, 0.2) is 55.6 Å². The van der Waals surface area contributed by atoms with Gasteiger partial charge < -0.3 is 5.32 Å². The molecule has 1 rings (SSSR count). The Kier molecular flexibility index (Phi) is 7.60. The van der Waals surface area contributed by atoms with Gasteiger partial charge in [-0.15, -0.1) is 25.6 Å². The minimum atomic E-state index is 0. The summed E-state index contributed by atoms with van der Waals surface area (Å²) < 4.78 is 0. The lowest BCUT2D eigenvalue weighted by molar-refractivity contribution is 0.359. The van der Waals surface area contributed by atoms with Crippen molar-refractivity contribution >= 4 is 12.4 Å². The van der Waals surface area contributed by atoms with Crippen molar-refractivity contribution in [3.05, 3.63) is 61.2 Å². The van der Waals surface area contributed by atoms with Gasteiger partial charge in [0.05, 0.1) is 0 Å². The minimum Gasteiger partial charge on any atom is -0.307 e. The zero-order chi connectivity index (χ0) is 11.9. The highest BCUT2D eigenvalue weighted by Gasteiger charge is 2.19. The normalized spacial score (nSPS) is 10.4. The van der Waals surface area contributed by atoms with Crippen LogP contribution in [0.2, 0.25) is 0 Å². The van der Waals surface area contributed by atoms with Crippen LogP contribution in [0.25, 0.3) is 0 Å². The summed E-state index contributed by atoms with van der Waals surface area (Å²) in [7, 11) is 0. The maximum absolute atomic E-state index is 3.81. The second-order valence-corrected chi connectivity index (χ2v) is 4.39. The Balaban J connectivity index is 0.00000256. The molecule has 2 heteroatoms. The molecule has 0 saturated carbocycles. The summed E-state index contributed by atoms with van der Waals surface area (Å²) in [6.07, 6.45) is 5.82. The highest BCUT2D eigenvalue weighted by atomic mass is 35.5. The lowest BCUT2D eigenvalue weighted by atomic mass is 9.93. The van der Waals surface area contributed by atoms with E-state index in [9.17, 15) is 0 Å². The molecule has 0 bridgehead atoms. The minimum absolute atomic E-state index is 0. The predicted molar refractivity (Wildman–Crippen MR) is 78.6 cm³/mol. The zero-order valence-electron chi connectivity index (χ0n) is 10.5. The van der Waals surface area contributed by atoms with Crippen LogP contribution in [-0.2, 0) is 6.54 Å². The van der Waals surface area contributed by atoms with E-state index < -0.39 is 0 Å². The molecule has 1 nitrogen and oxygen atoms in total. The molecule has 0 heterocycles. The maximum Gasteiger partial charge on any atom is 0.0225 e. The quantitative estimate of drug-likeness (QED) is 0.720. The van der Waals surface area contributed by atoms with Gasteiger partial charge in [0.1, 0.15) is 0 Å². The lowest BCUT2D eigenvalue weighted by Crippen LogP contribution is -2.40. The fraction of sp³-hybridized carbons (Fsp3) is 0.333. The van der Waals surface area contributed by atoms with E-state index in [1.807, 2.05) is 18.2 Å². The van der Waals surface area contributed by atoms with Crippen LogP contribution >= 0.6 is 12.4 Å². The first kappa shape index (κ1) is 16.0. The lowest BCUT2D eigenvalue weighted by Gasteiger charge is -2.29. The fourth-order valence-corrected chi connectivity index (χ4v) is 1.78. The molecule has 0 aliphatic heterocycles. The van der Waals surface area contributed by atoms with Gasteiger partial charge in [-0.05, 0) is 25.3 Å². The van der Waals surface area contributed by atoms with E-state index in [-0.39, 0.29) is 17.9 Å². The average Bonchev–Trinajstić information content (AvgIpc) is 2.29. The third-order valence-electron chi connectivity index (χ3n) is 2.75. The molecule has 0 atom stereocenters. The molecule has 0 aliphatic rings. The molecular weight excluding hydrogens is 230 g/mol. The monoisotopic (exact) mass is 251 g/mol. The molecule has 1 aromatic rings. The van der Waals surface area contributed by atoms with Crippen molar-refractivity contribution in [2.24, 2.45) is 0 Å². The van der Waals surface area contributed by atoms with Crippen molar-refractivity contribution < 1.29 is 0 Å². The zero-order valence-corrected chi connectivity index (χ0v) is 11.3. The van der Waals surface area contributed by atoms with Gasteiger partial charge in [-0.1, -0.05) is 42.5 Å². The van der Waals surface area contributed by atoms with Gasteiger partial charge in [0.25, 0.3) is 0 Å². The standard InChI is InChI=1S/C15H21N.ClH/c1-4-11-15(3,12-5-2)16-13-14-9-7-6-8-10-14;/h4-10,16H,1-2,11-13H2,3H3;1H. The van der Waals surface area contributed by atoms with Crippen LogP contribution < -0.4 is 5.32 Å². The first-order valence-electron chi connectivity index (χ1n) is 5.71. The Hall–Kier alpha value is -1.05. The molecule has 1 aromatic carbocycles. The van der Waals surface area contributed by atoms with Crippen molar-refractivity contribution in [3.8, 4) is 0 Å². The van der Waals surface area contributed by atoms with Gasteiger partial charge in [-0.2, -0.15) is 0 Å². The van der Waals surface area contributed by atoms with Crippen molar-refractivity contribution in [1.82, 2.24) is 5.32 Å². The van der Waals surface area contributed by atoms with Crippen LogP contribution in [0.4, 0.5) is 0 Å². The topological polar surface area (TPSA) is 12.0 Å². The summed E-state index contributed by atoms with van der Waals surface area (Å²) >= 11 is 0. The Morgan fingerprint density at radius 3 is 2.12 bits per heavy atom. The molecule has 94 valence electrons. The summed E-state index contributed by atoms with van der Waals surface area (Å²) in [5.74, 6) is 0. The van der Waals surface area contributed by atoms with E-state index in [4.69, 9.17) is 0 Å². The van der Waals surface area contributed by atoms with Gasteiger partial charge in [0.2, 0.25) is 0 Å². The Labute approximate surface area is 111 Å². The fourth-order valence-electron chi connectivity index (χ4n) is 1.78. The van der Waals surface area contributed by atoms with Crippen LogP contribution in [0, 0.1) is 0 Å². The summed E-state index contributed by atoms with van der Waals surface area (Å²) in [6.45, 7) is 10.7. The Morgan fingerprint density at radius 1 is 1.12 bits per heavy atom. The van der Waals surface area contributed by atoms with Crippen LogP contribution in [0.3, 0.4) is 0 Å². The van der Waals surface area contributed by atoms with Gasteiger partial charge in [-0.3, -0.25) is 0 Å². The van der Waals surface area contributed by atoms with Gasteiger partial charge in [0, 0.05) is 12.1 Å². The summed E-state index contributed by atoms with van der Waals surface area (Å²) in [4.78, 5) is 0. The molecule has 0 saturated heterocycles. The SMILES string of the molecule is C=CCC(C)(CC=C)NCc1ccccc1.Cl. The number of hydrogen-bond donors (Lipinski definition) is 1. The van der Waals surface area contributed by atoms with E-state index in [1.165, 1.54) is 5.56 Å². The van der Waals surface area contributed by atoms with Crippen molar-refractivity contribution in [3.63, 3.8) is 0 Å². The van der Waals surface area contributed by atoms with Gasteiger partial charge in [0.15, 0.2) is 0 Å². The van der Waals surface area contributed by atoms with E-state index in [2.05, 4.69) is 49.7 Å². The third-order valence-corrected chi connectivity index (χ3v) is 2.75. The van der Waals surface area contributed by atoms with Gasteiger partial charge in [-0.25, -0.2) is 0 Å². The molecule has 0 unspecified atom stereocenters. The number of halogens is 1. The molecule has 1 N–H and O–H groups in total. The second kappa shape index (κ2) is 8.10. The summed E-state index contributed by atoms with van der Waals surface area (Å²) in [5, 5.41) is 3.57. The van der Waals surface area contributed by atoms with Crippen LogP contribution in [0.5, 0.6) is 0 Å². The van der Waals surface area contributed by atoms with Crippen molar-refractivity contribution in [2.75, 3.05) is 0 Å². The second-order valence-electron chi connectivity index (χ2n) is 4.39. The molecule has 0 fully saturated rings. The van der Waals surface area contributed by atoms with E-state index in [0.717, 1.165) is 19.4 Å². The Bertz CT molecular complexity index is 322. The maximum atomic E-state index is 3.81. The molecule has 0 spiro atoms. The summed E-state index contributed by atoms with van der Waals surface area (Å²) in [6, 6.07) is 10.4.